The Morgan fingerprint density at radius 1 is 1.00 bits per heavy atom. The Balaban J connectivity index is 2.43. The minimum atomic E-state index is -0.870. The van der Waals surface area contributed by atoms with E-state index in [1.54, 1.807) is 12.1 Å². The molecule has 1 atom stereocenters. The van der Waals surface area contributed by atoms with Crippen LogP contribution in [0.4, 0.5) is 8.78 Å². The summed E-state index contributed by atoms with van der Waals surface area (Å²) in [6, 6.07) is 9.59. The van der Waals surface area contributed by atoms with Gasteiger partial charge < -0.3 is 5.73 Å². The molecular formula is C14H12BrF2N. The largest absolute Gasteiger partial charge is 0.320 e. The molecule has 2 aromatic carbocycles. The van der Waals surface area contributed by atoms with Gasteiger partial charge in [-0.3, -0.25) is 0 Å². The van der Waals surface area contributed by atoms with E-state index in [4.69, 9.17) is 5.73 Å². The number of nitrogens with two attached hydrogens (primary N) is 1. The molecule has 0 saturated carbocycles. The first kappa shape index (κ1) is 13.2. The molecule has 0 aliphatic carbocycles. The zero-order valence-electron chi connectivity index (χ0n) is 9.75. The molecule has 1 unspecified atom stereocenters. The molecule has 94 valence electrons. The molecule has 2 rings (SSSR count). The van der Waals surface area contributed by atoms with Crippen LogP contribution in [-0.2, 0) is 0 Å². The summed E-state index contributed by atoms with van der Waals surface area (Å²) >= 11 is 3.31. The maximum Gasteiger partial charge on any atom is 0.164 e. The lowest BCUT2D eigenvalue weighted by Crippen LogP contribution is -2.14. The Morgan fingerprint density at radius 2 is 1.61 bits per heavy atom. The fraction of sp³-hybridized carbons (Fsp3) is 0.143. The predicted molar refractivity (Wildman–Crippen MR) is 71.3 cm³/mol. The van der Waals surface area contributed by atoms with Gasteiger partial charge >= 0.3 is 0 Å². The topological polar surface area (TPSA) is 26.0 Å². The lowest BCUT2D eigenvalue weighted by molar-refractivity contribution is 0.489. The number of hydrogen-bond acceptors (Lipinski definition) is 1. The van der Waals surface area contributed by atoms with E-state index in [1.807, 2.05) is 12.1 Å². The van der Waals surface area contributed by atoms with Gasteiger partial charge in [0, 0.05) is 10.0 Å². The molecular weight excluding hydrogens is 300 g/mol. The summed E-state index contributed by atoms with van der Waals surface area (Å²) in [6.45, 7) is 1.52. The Kier molecular flexibility index (Phi) is 3.78. The highest BCUT2D eigenvalue weighted by molar-refractivity contribution is 9.10. The van der Waals surface area contributed by atoms with Gasteiger partial charge in [-0.1, -0.05) is 40.2 Å². The van der Waals surface area contributed by atoms with E-state index in [2.05, 4.69) is 15.9 Å². The average Bonchev–Trinajstić information content (AvgIpc) is 2.36. The molecule has 0 saturated heterocycles. The van der Waals surface area contributed by atoms with Crippen LogP contribution in [0.3, 0.4) is 0 Å². The SMILES string of the molecule is Cc1ccc(C(N)c2ccc(Br)cc2)c(F)c1F. The van der Waals surface area contributed by atoms with E-state index in [0.717, 1.165) is 10.0 Å². The third-order valence-electron chi connectivity index (χ3n) is 2.87. The number of aryl methyl sites for hydroxylation is 1. The molecule has 0 aliphatic heterocycles. The first-order chi connectivity index (χ1) is 8.50. The van der Waals surface area contributed by atoms with Gasteiger partial charge in [-0.25, -0.2) is 8.78 Å². The minimum absolute atomic E-state index is 0.167. The third kappa shape index (κ3) is 2.44. The van der Waals surface area contributed by atoms with Gasteiger partial charge in [-0.2, -0.15) is 0 Å². The molecule has 0 radical (unpaired) electrons. The lowest BCUT2D eigenvalue weighted by Gasteiger charge is -2.14. The Bertz CT molecular complexity index is 567. The van der Waals surface area contributed by atoms with Crippen LogP contribution in [0.25, 0.3) is 0 Å². The second-order valence-corrected chi connectivity index (χ2v) is 5.04. The summed E-state index contributed by atoms with van der Waals surface area (Å²) in [5, 5.41) is 0. The zero-order chi connectivity index (χ0) is 13.3. The van der Waals surface area contributed by atoms with Crippen molar-refractivity contribution in [3.8, 4) is 0 Å². The molecule has 0 spiro atoms. The van der Waals surface area contributed by atoms with Gasteiger partial charge in [-0.05, 0) is 30.2 Å². The van der Waals surface area contributed by atoms with Gasteiger partial charge in [0.1, 0.15) is 0 Å². The van der Waals surface area contributed by atoms with Crippen LogP contribution in [0.15, 0.2) is 40.9 Å². The fourth-order valence-electron chi connectivity index (χ4n) is 1.75. The molecule has 0 bridgehead atoms. The molecule has 0 amide bonds. The van der Waals surface area contributed by atoms with Gasteiger partial charge in [0.2, 0.25) is 0 Å². The van der Waals surface area contributed by atoms with Crippen LogP contribution in [0, 0.1) is 18.6 Å². The molecule has 0 aromatic heterocycles. The standard InChI is InChI=1S/C14H12BrF2N/c1-8-2-7-11(13(17)12(8)16)14(18)9-3-5-10(15)6-4-9/h2-7,14H,18H2,1H3. The van der Waals surface area contributed by atoms with E-state index in [-0.39, 0.29) is 11.1 Å². The van der Waals surface area contributed by atoms with Crippen LogP contribution >= 0.6 is 15.9 Å². The van der Waals surface area contributed by atoms with Crippen molar-refractivity contribution in [3.05, 3.63) is 69.2 Å². The van der Waals surface area contributed by atoms with Gasteiger partial charge in [0.05, 0.1) is 6.04 Å². The average molecular weight is 312 g/mol. The number of hydrogen-bond donors (Lipinski definition) is 1. The van der Waals surface area contributed by atoms with Crippen molar-refractivity contribution >= 4 is 15.9 Å². The van der Waals surface area contributed by atoms with Crippen molar-refractivity contribution < 1.29 is 8.78 Å². The van der Waals surface area contributed by atoms with E-state index >= 15 is 0 Å². The molecule has 2 N–H and O–H groups in total. The molecule has 2 aromatic rings. The highest BCUT2D eigenvalue weighted by atomic mass is 79.9. The van der Waals surface area contributed by atoms with Crippen LogP contribution in [0.1, 0.15) is 22.7 Å². The first-order valence-corrected chi connectivity index (χ1v) is 6.25. The van der Waals surface area contributed by atoms with Crippen LogP contribution in [0.2, 0.25) is 0 Å². The van der Waals surface area contributed by atoms with Crippen molar-refractivity contribution in [2.45, 2.75) is 13.0 Å². The quantitative estimate of drug-likeness (QED) is 0.888. The van der Waals surface area contributed by atoms with Gasteiger partial charge in [0.15, 0.2) is 11.6 Å². The smallest absolute Gasteiger partial charge is 0.164 e. The lowest BCUT2D eigenvalue weighted by atomic mass is 9.98. The van der Waals surface area contributed by atoms with Crippen molar-refractivity contribution in [2.75, 3.05) is 0 Å². The van der Waals surface area contributed by atoms with E-state index < -0.39 is 17.7 Å². The Hall–Kier alpha value is -1.26. The second kappa shape index (κ2) is 5.16. The third-order valence-corrected chi connectivity index (χ3v) is 3.40. The van der Waals surface area contributed by atoms with Crippen molar-refractivity contribution in [2.24, 2.45) is 5.73 Å². The van der Waals surface area contributed by atoms with Crippen molar-refractivity contribution in [1.82, 2.24) is 0 Å². The van der Waals surface area contributed by atoms with E-state index in [1.165, 1.54) is 19.1 Å². The summed E-state index contributed by atoms with van der Waals surface area (Å²) in [7, 11) is 0. The summed E-state index contributed by atoms with van der Waals surface area (Å²) in [5.41, 5.74) is 7.14. The van der Waals surface area contributed by atoms with Crippen LogP contribution in [-0.4, -0.2) is 0 Å². The fourth-order valence-corrected chi connectivity index (χ4v) is 2.02. The van der Waals surface area contributed by atoms with E-state index in [0.29, 0.717) is 0 Å². The molecule has 0 heterocycles. The number of rotatable bonds is 2. The summed E-state index contributed by atoms with van der Waals surface area (Å²) in [4.78, 5) is 0. The Morgan fingerprint density at radius 3 is 2.22 bits per heavy atom. The molecule has 0 aliphatic rings. The number of benzene rings is 2. The van der Waals surface area contributed by atoms with Crippen LogP contribution < -0.4 is 5.73 Å². The summed E-state index contributed by atoms with van der Waals surface area (Å²) < 4.78 is 28.2. The number of halogens is 3. The predicted octanol–water partition coefficient (Wildman–Crippen LogP) is 4.08. The summed E-state index contributed by atoms with van der Waals surface area (Å²) in [5.74, 6) is -1.70. The van der Waals surface area contributed by atoms with E-state index in [9.17, 15) is 8.78 Å². The highest BCUT2D eigenvalue weighted by Crippen LogP contribution is 2.26. The molecule has 4 heteroatoms. The normalized spacial score (nSPS) is 12.5. The molecule has 18 heavy (non-hydrogen) atoms. The maximum absolute atomic E-state index is 13.8. The van der Waals surface area contributed by atoms with Crippen molar-refractivity contribution in [1.29, 1.82) is 0 Å². The van der Waals surface area contributed by atoms with Gasteiger partial charge in [0.25, 0.3) is 0 Å². The highest BCUT2D eigenvalue weighted by Gasteiger charge is 2.17. The molecule has 0 fully saturated rings. The second-order valence-electron chi connectivity index (χ2n) is 4.13. The maximum atomic E-state index is 13.8. The first-order valence-electron chi connectivity index (χ1n) is 5.46. The van der Waals surface area contributed by atoms with Crippen LogP contribution in [0.5, 0.6) is 0 Å². The van der Waals surface area contributed by atoms with Gasteiger partial charge in [-0.15, -0.1) is 0 Å². The Labute approximate surface area is 113 Å². The molecule has 1 nitrogen and oxygen atoms in total. The minimum Gasteiger partial charge on any atom is -0.320 e. The summed E-state index contributed by atoms with van der Waals surface area (Å²) in [6.07, 6.45) is 0. The monoisotopic (exact) mass is 311 g/mol. The van der Waals surface area contributed by atoms with Crippen molar-refractivity contribution in [3.63, 3.8) is 0 Å². The zero-order valence-corrected chi connectivity index (χ0v) is 11.3.